The van der Waals surface area contributed by atoms with Crippen LogP contribution < -0.4 is 5.32 Å². The number of aliphatic hydroxyl groups excluding tert-OH is 1. The summed E-state index contributed by atoms with van der Waals surface area (Å²) in [6, 6.07) is 0.0905. The Morgan fingerprint density at radius 2 is 2.29 bits per heavy atom. The summed E-state index contributed by atoms with van der Waals surface area (Å²) in [6.45, 7) is 0. The number of hydrogen-bond acceptors (Lipinski definition) is 6. The number of aliphatic hydroxyl groups is 1. The summed E-state index contributed by atoms with van der Waals surface area (Å²) in [5.41, 5.74) is 0.0594. The fourth-order valence-corrected chi connectivity index (χ4v) is 1.97. The van der Waals surface area contributed by atoms with Crippen LogP contribution in [0.5, 0.6) is 0 Å². The lowest BCUT2D eigenvalue weighted by molar-refractivity contribution is 0.0696. The summed E-state index contributed by atoms with van der Waals surface area (Å²) in [7, 11) is 0. The molecule has 1 aliphatic carbocycles. The van der Waals surface area contributed by atoms with Crippen LogP contribution in [0.1, 0.15) is 23.2 Å². The number of carbonyl (C=O) groups is 1. The van der Waals surface area contributed by atoms with E-state index in [0.29, 0.717) is 23.8 Å². The third-order valence-electron chi connectivity index (χ3n) is 2.63. The SMILES string of the molecule is CSc1ncc(C(=O)O)c(NC2CC(O)C2)n1. The number of aromatic nitrogens is 2. The molecule has 0 aromatic carbocycles. The zero-order chi connectivity index (χ0) is 12.4. The lowest BCUT2D eigenvalue weighted by Crippen LogP contribution is -2.39. The molecule has 0 spiro atoms. The fraction of sp³-hybridized carbons (Fsp3) is 0.500. The summed E-state index contributed by atoms with van der Waals surface area (Å²) in [5.74, 6) is -0.728. The van der Waals surface area contributed by atoms with Gasteiger partial charge in [-0.15, -0.1) is 0 Å². The Bertz CT molecular complexity index is 435. The van der Waals surface area contributed by atoms with Gasteiger partial charge in [0.05, 0.1) is 6.10 Å². The molecule has 1 heterocycles. The Kier molecular flexibility index (Phi) is 3.49. The molecule has 0 amide bonds. The van der Waals surface area contributed by atoms with Gasteiger partial charge in [0.2, 0.25) is 0 Å². The predicted octanol–water partition coefficient (Wildman–Crippen LogP) is 0.832. The number of nitrogens with zero attached hydrogens (tertiary/aromatic N) is 2. The molecule has 1 aromatic heterocycles. The summed E-state index contributed by atoms with van der Waals surface area (Å²) >= 11 is 1.35. The number of thioether (sulfide) groups is 1. The molecule has 0 radical (unpaired) electrons. The molecule has 1 aliphatic rings. The average molecular weight is 255 g/mol. The maximum atomic E-state index is 11.0. The molecule has 7 heteroatoms. The lowest BCUT2D eigenvalue weighted by atomic mass is 9.89. The van der Waals surface area contributed by atoms with Crippen LogP contribution in [0.2, 0.25) is 0 Å². The Balaban J connectivity index is 2.19. The summed E-state index contributed by atoms with van der Waals surface area (Å²) in [5, 5.41) is 21.7. The Morgan fingerprint density at radius 1 is 1.59 bits per heavy atom. The van der Waals surface area contributed by atoms with Gasteiger partial charge in [0, 0.05) is 12.2 Å². The number of carboxylic acids is 1. The minimum absolute atomic E-state index is 0.0594. The highest BCUT2D eigenvalue weighted by molar-refractivity contribution is 7.98. The second-order valence-corrected chi connectivity index (χ2v) is 4.66. The molecule has 3 N–H and O–H groups in total. The van der Waals surface area contributed by atoms with Gasteiger partial charge in [-0.05, 0) is 19.1 Å². The third-order valence-corrected chi connectivity index (χ3v) is 3.20. The highest BCUT2D eigenvalue weighted by Gasteiger charge is 2.28. The van der Waals surface area contributed by atoms with E-state index in [9.17, 15) is 9.90 Å². The van der Waals surface area contributed by atoms with Crippen LogP contribution in [0.3, 0.4) is 0 Å². The van der Waals surface area contributed by atoms with Crippen LogP contribution in [0.4, 0.5) is 5.82 Å². The van der Waals surface area contributed by atoms with Gasteiger partial charge in [-0.2, -0.15) is 0 Å². The Morgan fingerprint density at radius 3 is 2.82 bits per heavy atom. The molecule has 1 aromatic rings. The van der Waals surface area contributed by atoms with E-state index in [-0.39, 0.29) is 17.7 Å². The molecule has 0 saturated heterocycles. The first-order chi connectivity index (χ1) is 8.10. The summed E-state index contributed by atoms with van der Waals surface area (Å²) in [6.07, 6.45) is 4.09. The van der Waals surface area contributed by atoms with Gasteiger partial charge in [-0.1, -0.05) is 11.8 Å². The number of rotatable bonds is 4. The molecule has 17 heavy (non-hydrogen) atoms. The first kappa shape index (κ1) is 12.1. The topological polar surface area (TPSA) is 95.3 Å². The van der Waals surface area contributed by atoms with Crippen molar-refractivity contribution in [1.82, 2.24) is 9.97 Å². The van der Waals surface area contributed by atoms with Crippen molar-refractivity contribution in [2.24, 2.45) is 0 Å². The van der Waals surface area contributed by atoms with Gasteiger partial charge in [0.1, 0.15) is 11.4 Å². The van der Waals surface area contributed by atoms with Crippen molar-refractivity contribution in [1.29, 1.82) is 0 Å². The van der Waals surface area contributed by atoms with Gasteiger partial charge in [0.15, 0.2) is 5.16 Å². The van der Waals surface area contributed by atoms with Crippen molar-refractivity contribution in [2.45, 2.75) is 30.1 Å². The predicted molar refractivity (Wildman–Crippen MR) is 63.4 cm³/mol. The number of anilines is 1. The number of carboxylic acid groups (broad SMARTS) is 1. The zero-order valence-corrected chi connectivity index (χ0v) is 10.1. The van der Waals surface area contributed by atoms with Crippen LogP contribution in [0.15, 0.2) is 11.4 Å². The summed E-state index contributed by atoms with van der Waals surface area (Å²) < 4.78 is 0. The van der Waals surface area contributed by atoms with Crippen LogP contribution in [-0.4, -0.2) is 44.6 Å². The maximum Gasteiger partial charge on any atom is 0.341 e. The highest BCUT2D eigenvalue weighted by atomic mass is 32.2. The van der Waals surface area contributed by atoms with Crippen LogP contribution in [0, 0.1) is 0 Å². The van der Waals surface area contributed by atoms with Gasteiger partial charge >= 0.3 is 5.97 Å². The minimum Gasteiger partial charge on any atom is -0.477 e. The first-order valence-electron chi connectivity index (χ1n) is 5.19. The van der Waals surface area contributed by atoms with Gasteiger partial charge in [-0.3, -0.25) is 0 Å². The average Bonchev–Trinajstić information content (AvgIpc) is 2.26. The molecule has 0 unspecified atom stereocenters. The molecular formula is C10H13N3O3S. The van der Waals surface area contributed by atoms with Gasteiger partial charge in [-0.25, -0.2) is 14.8 Å². The van der Waals surface area contributed by atoms with E-state index in [1.807, 2.05) is 6.26 Å². The van der Waals surface area contributed by atoms with Gasteiger partial charge < -0.3 is 15.5 Å². The minimum atomic E-state index is -1.06. The Hall–Kier alpha value is -1.34. The van der Waals surface area contributed by atoms with E-state index in [2.05, 4.69) is 15.3 Å². The van der Waals surface area contributed by atoms with Crippen molar-refractivity contribution in [3.05, 3.63) is 11.8 Å². The summed E-state index contributed by atoms with van der Waals surface area (Å²) in [4.78, 5) is 19.1. The van der Waals surface area contributed by atoms with Crippen molar-refractivity contribution in [2.75, 3.05) is 11.6 Å². The standard InChI is InChI=1S/C10H13N3O3S/c1-17-10-11-4-7(9(15)16)8(13-10)12-5-2-6(14)3-5/h4-6,14H,2-3H2,1H3,(H,15,16)(H,11,12,13). The molecule has 0 bridgehead atoms. The maximum absolute atomic E-state index is 11.0. The molecule has 0 atom stereocenters. The van der Waals surface area contributed by atoms with Crippen molar-refractivity contribution in [3.63, 3.8) is 0 Å². The second kappa shape index (κ2) is 4.89. The third kappa shape index (κ3) is 2.67. The van der Waals surface area contributed by atoms with Crippen LogP contribution in [0.25, 0.3) is 0 Å². The largest absolute Gasteiger partial charge is 0.477 e. The van der Waals surface area contributed by atoms with E-state index in [1.54, 1.807) is 0 Å². The van der Waals surface area contributed by atoms with E-state index in [4.69, 9.17) is 5.11 Å². The van der Waals surface area contributed by atoms with Gasteiger partial charge in [0.25, 0.3) is 0 Å². The highest BCUT2D eigenvalue weighted by Crippen LogP contribution is 2.25. The molecule has 1 fully saturated rings. The van der Waals surface area contributed by atoms with Crippen LogP contribution in [-0.2, 0) is 0 Å². The smallest absolute Gasteiger partial charge is 0.341 e. The zero-order valence-electron chi connectivity index (χ0n) is 9.25. The van der Waals surface area contributed by atoms with E-state index in [1.165, 1.54) is 18.0 Å². The number of hydrogen-bond donors (Lipinski definition) is 3. The number of nitrogens with one attached hydrogen (secondary N) is 1. The molecule has 2 rings (SSSR count). The molecular weight excluding hydrogens is 242 g/mol. The first-order valence-corrected chi connectivity index (χ1v) is 6.41. The second-order valence-electron chi connectivity index (χ2n) is 3.89. The van der Waals surface area contributed by atoms with Crippen LogP contribution >= 0.6 is 11.8 Å². The van der Waals surface area contributed by atoms with E-state index in [0.717, 1.165) is 0 Å². The molecule has 92 valence electrons. The van der Waals surface area contributed by atoms with E-state index < -0.39 is 5.97 Å². The molecule has 6 nitrogen and oxygen atoms in total. The Labute approximate surface area is 102 Å². The monoisotopic (exact) mass is 255 g/mol. The quantitative estimate of drug-likeness (QED) is 0.541. The lowest BCUT2D eigenvalue weighted by Gasteiger charge is -2.32. The normalized spacial score (nSPS) is 22.9. The number of aromatic carboxylic acids is 1. The molecule has 1 saturated carbocycles. The van der Waals surface area contributed by atoms with E-state index >= 15 is 0 Å². The molecule has 0 aliphatic heterocycles. The van der Waals surface area contributed by atoms with Crippen molar-refractivity contribution < 1.29 is 15.0 Å². The fourth-order valence-electron chi connectivity index (χ4n) is 1.63. The van der Waals surface area contributed by atoms with Crippen molar-refractivity contribution >= 4 is 23.5 Å². The van der Waals surface area contributed by atoms with Crippen molar-refractivity contribution in [3.8, 4) is 0 Å².